The largest absolute Gasteiger partial charge is 0.348 e. The summed E-state index contributed by atoms with van der Waals surface area (Å²) >= 11 is 0. The summed E-state index contributed by atoms with van der Waals surface area (Å²) in [5.74, 6) is -0.313. The highest BCUT2D eigenvalue weighted by Gasteiger charge is 2.25. The fraction of sp³-hybridized carbons (Fsp3) is 0.250. The van der Waals surface area contributed by atoms with Gasteiger partial charge in [0.05, 0.1) is 12.3 Å². The molecule has 1 aliphatic heterocycles. The summed E-state index contributed by atoms with van der Waals surface area (Å²) in [6.45, 7) is 2.11. The Labute approximate surface area is 130 Å². The monoisotopic (exact) mass is 315 g/mol. The quantitative estimate of drug-likeness (QED) is 0.727. The van der Waals surface area contributed by atoms with Gasteiger partial charge in [-0.2, -0.15) is 0 Å². The molecule has 1 aromatic carbocycles. The van der Waals surface area contributed by atoms with Crippen LogP contribution in [-0.2, 0) is 9.47 Å². The first-order chi connectivity index (χ1) is 11.1. The second-order valence-corrected chi connectivity index (χ2v) is 5.36. The van der Waals surface area contributed by atoms with Gasteiger partial charge in [0.15, 0.2) is 12.5 Å². The number of rotatable bonds is 2. The first-order valence-electron chi connectivity index (χ1n) is 7.25. The van der Waals surface area contributed by atoms with Gasteiger partial charge in [0, 0.05) is 18.0 Å². The van der Waals surface area contributed by atoms with Gasteiger partial charge in [0.1, 0.15) is 11.5 Å². The second kappa shape index (κ2) is 5.29. The smallest absolute Gasteiger partial charge is 0.336 e. The van der Waals surface area contributed by atoms with Crippen molar-refractivity contribution in [3.63, 3.8) is 0 Å². The van der Waals surface area contributed by atoms with Crippen LogP contribution >= 0.6 is 0 Å². The lowest BCUT2D eigenvalue weighted by molar-refractivity contribution is -0.0580. The Balaban J connectivity index is 1.78. The van der Waals surface area contributed by atoms with E-state index >= 15 is 0 Å². The molecule has 6 nitrogen and oxygen atoms in total. The first-order valence-corrected chi connectivity index (χ1v) is 7.25. The van der Waals surface area contributed by atoms with Crippen LogP contribution in [0.4, 0.5) is 4.39 Å². The van der Waals surface area contributed by atoms with E-state index in [-0.39, 0.29) is 17.8 Å². The Morgan fingerprint density at radius 3 is 2.74 bits per heavy atom. The molecule has 7 heteroatoms. The third kappa shape index (κ3) is 2.43. The van der Waals surface area contributed by atoms with Gasteiger partial charge in [-0.3, -0.25) is 8.97 Å². The van der Waals surface area contributed by atoms with E-state index in [0.717, 1.165) is 5.56 Å². The Kier molecular flexibility index (Phi) is 3.24. The standard InChI is InChI=1S/C16H14FN3O3/c1-10-22-9-15(23-10)19-7-6-14-18-13(8-20(14)16(19)21)11-2-4-12(17)5-3-11/h2-8,10,15H,9H2,1H3/t10-,15?/m0/s1. The molecule has 23 heavy (non-hydrogen) atoms. The number of imidazole rings is 1. The van der Waals surface area contributed by atoms with E-state index in [2.05, 4.69) is 4.98 Å². The van der Waals surface area contributed by atoms with Gasteiger partial charge in [0.2, 0.25) is 0 Å². The number of halogens is 1. The zero-order valence-electron chi connectivity index (χ0n) is 12.3. The Bertz CT molecular complexity index is 916. The maximum absolute atomic E-state index is 13.0. The molecule has 0 N–H and O–H groups in total. The van der Waals surface area contributed by atoms with Crippen LogP contribution in [0.5, 0.6) is 0 Å². The van der Waals surface area contributed by atoms with Crippen LogP contribution in [0.2, 0.25) is 0 Å². The molecule has 0 amide bonds. The number of ether oxygens (including phenoxy) is 2. The van der Waals surface area contributed by atoms with Gasteiger partial charge < -0.3 is 9.47 Å². The molecule has 0 radical (unpaired) electrons. The summed E-state index contributed by atoms with van der Waals surface area (Å²) in [6.07, 6.45) is 2.50. The van der Waals surface area contributed by atoms with Crippen molar-refractivity contribution in [2.45, 2.75) is 19.4 Å². The van der Waals surface area contributed by atoms with Gasteiger partial charge in [-0.25, -0.2) is 14.2 Å². The molecule has 4 rings (SSSR count). The van der Waals surface area contributed by atoms with Crippen LogP contribution in [-0.4, -0.2) is 26.8 Å². The highest BCUT2D eigenvalue weighted by Crippen LogP contribution is 2.21. The fourth-order valence-corrected chi connectivity index (χ4v) is 2.64. The zero-order chi connectivity index (χ0) is 16.0. The third-order valence-electron chi connectivity index (χ3n) is 3.82. The maximum atomic E-state index is 13.0. The van der Waals surface area contributed by atoms with Gasteiger partial charge in [-0.1, -0.05) is 0 Å². The predicted molar refractivity (Wildman–Crippen MR) is 80.4 cm³/mol. The number of aromatic nitrogens is 3. The SMILES string of the molecule is C[C@H]1OCC(n2ccc3nc(-c4ccc(F)cc4)cn3c2=O)O1. The normalized spacial score (nSPS) is 21.1. The van der Waals surface area contributed by atoms with Gasteiger partial charge in [0.25, 0.3) is 0 Å². The topological polar surface area (TPSA) is 57.8 Å². The molecule has 2 aromatic heterocycles. The van der Waals surface area contributed by atoms with E-state index in [4.69, 9.17) is 9.47 Å². The lowest BCUT2D eigenvalue weighted by atomic mass is 10.2. The zero-order valence-corrected chi connectivity index (χ0v) is 12.3. The number of hydrogen-bond donors (Lipinski definition) is 0. The van der Waals surface area contributed by atoms with E-state index in [0.29, 0.717) is 17.9 Å². The van der Waals surface area contributed by atoms with E-state index in [1.165, 1.54) is 21.1 Å². The molecule has 0 aliphatic carbocycles. The van der Waals surface area contributed by atoms with E-state index < -0.39 is 6.23 Å². The Morgan fingerprint density at radius 2 is 2.04 bits per heavy atom. The van der Waals surface area contributed by atoms with Crippen molar-refractivity contribution < 1.29 is 13.9 Å². The highest BCUT2D eigenvalue weighted by atomic mass is 19.1. The van der Waals surface area contributed by atoms with E-state index in [9.17, 15) is 9.18 Å². The van der Waals surface area contributed by atoms with E-state index in [1.807, 2.05) is 0 Å². The predicted octanol–water partition coefficient (Wildman–Crippen LogP) is 2.19. The minimum atomic E-state index is -0.446. The molecule has 0 spiro atoms. The van der Waals surface area contributed by atoms with Gasteiger partial charge in [-0.05, 0) is 37.3 Å². The van der Waals surface area contributed by atoms with Crippen molar-refractivity contribution in [2.24, 2.45) is 0 Å². The van der Waals surface area contributed by atoms with Crippen molar-refractivity contribution in [1.29, 1.82) is 0 Å². The summed E-state index contributed by atoms with van der Waals surface area (Å²) in [4.78, 5) is 17.0. The van der Waals surface area contributed by atoms with Crippen molar-refractivity contribution in [1.82, 2.24) is 14.0 Å². The summed E-state index contributed by atoms with van der Waals surface area (Å²) in [5.41, 5.74) is 1.62. The summed E-state index contributed by atoms with van der Waals surface area (Å²) in [5, 5.41) is 0. The van der Waals surface area contributed by atoms with E-state index in [1.54, 1.807) is 37.5 Å². The molecule has 0 bridgehead atoms. The molecule has 3 heterocycles. The molecule has 118 valence electrons. The summed E-state index contributed by atoms with van der Waals surface area (Å²) < 4.78 is 26.8. The summed E-state index contributed by atoms with van der Waals surface area (Å²) in [7, 11) is 0. The second-order valence-electron chi connectivity index (χ2n) is 5.36. The van der Waals surface area contributed by atoms with Crippen LogP contribution in [0.1, 0.15) is 13.2 Å². The Hall–Kier alpha value is -2.51. The minimum Gasteiger partial charge on any atom is -0.348 e. The Morgan fingerprint density at radius 1 is 1.26 bits per heavy atom. The lowest BCUT2D eigenvalue weighted by Gasteiger charge is -2.12. The molecular weight excluding hydrogens is 301 g/mol. The number of nitrogens with zero attached hydrogens (tertiary/aromatic N) is 3. The molecule has 3 aromatic rings. The van der Waals surface area contributed by atoms with Crippen LogP contribution < -0.4 is 5.69 Å². The molecule has 2 atom stereocenters. The highest BCUT2D eigenvalue weighted by molar-refractivity contribution is 5.62. The van der Waals surface area contributed by atoms with Crippen molar-refractivity contribution in [3.8, 4) is 11.3 Å². The van der Waals surface area contributed by atoms with Crippen LogP contribution in [0, 0.1) is 5.82 Å². The number of hydrogen-bond acceptors (Lipinski definition) is 4. The average Bonchev–Trinajstić information content (AvgIpc) is 3.15. The fourth-order valence-electron chi connectivity index (χ4n) is 2.64. The minimum absolute atomic E-state index is 0.258. The number of fused-ring (bicyclic) bond motifs is 1. The molecule has 1 saturated heterocycles. The molecule has 1 unspecified atom stereocenters. The molecular formula is C16H14FN3O3. The maximum Gasteiger partial charge on any atom is 0.336 e. The molecule has 1 aliphatic rings. The van der Waals surface area contributed by atoms with Crippen molar-refractivity contribution in [3.05, 3.63) is 59.0 Å². The molecule has 1 fully saturated rings. The molecule has 0 saturated carbocycles. The number of benzene rings is 1. The van der Waals surface area contributed by atoms with Gasteiger partial charge >= 0.3 is 5.69 Å². The lowest BCUT2D eigenvalue weighted by Crippen LogP contribution is -2.30. The van der Waals surface area contributed by atoms with Crippen molar-refractivity contribution in [2.75, 3.05) is 6.61 Å². The van der Waals surface area contributed by atoms with Crippen LogP contribution in [0.3, 0.4) is 0 Å². The van der Waals surface area contributed by atoms with Crippen LogP contribution in [0.15, 0.2) is 47.5 Å². The van der Waals surface area contributed by atoms with Gasteiger partial charge in [-0.15, -0.1) is 0 Å². The average molecular weight is 315 g/mol. The first kappa shape index (κ1) is 14.1. The summed E-state index contributed by atoms with van der Waals surface area (Å²) in [6, 6.07) is 7.72. The van der Waals surface area contributed by atoms with Crippen LogP contribution in [0.25, 0.3) is 16.9 Å². The third-order valence-corrected chi connectivity index (χ3v) is 3.82. The van der Waals surface area contributed by atoms with Crippen molar-refractivity contribution >= 4 is 5.65 Å².